The van der Waals surface area contributed by atoms with Crippen LogP contribution in [0.4, 0.5) is 11.4 Å². The number of benzene rings is 2. The first-order valence-corrected chi connectivity index (χ1v) is 14.2. The van der Waals surface area contributed by atoms with Crippen LogP contribution >= 0.6 is 0 Å². The number of Topliss-reactive ketones (excluding diaryl/α,β-unsaturated/α-hetero) is 1. The van der Waals surface area contributed by atoms with E-state index in [2.05, 4.69) is 38.8 Å². The van der Waals surface area contributed by atoms with E-state index >= 15 is 0 Å². The van der Waals surface area contributed by atoms with Gasteiger partial charge in [-0.05, 0) is 60.9 Å². The maximum atomic E-state index is 12.6. The molecule has 9 heteroatoms. The number of hydrogen-bond donors (Lipinski definition) is 1. The average molecular weight is 478 g/mol. The van der Waals surface area contributed by atoms with Gasteiger partial charge in [0.25, 0.3) is 0 Å². The number of anilines is 2. The van der Waals surface area contributed by atoms with Crippen LogP contribution in [0, 0.1) is 0 Å². The molecule has 1 heterocycles. The van der Waals surface area contributed by atoms with Gasteiger partial charge in [0.1, 0.15) is 11.9 Å². The zero-order valence-electron chi connectivity index (χ0n) is 18.6. The van der Waals surface area contributed by atoms with Crippen LogP contribution in [-0.4, -0.2) is 68.9 Å². The summed E-state index contributed by atoms with van der Waals surface area (Å²) in [6.07, 6.45) is 4.61. The van der Waals surface area contributed by atoms with Gasteiger partial charge in [0.15, 0.2) is 10.7 Å². The summed E-state index contributed by atoms with van der Waals surface area (Å²) in [4.78, 5) is 17.8. The van der Waals surface area contributed by atoms with E-state index in [0.29, 0.717) is 16.9 Å². The van der Waals surface area contributed by atoms with Crippen LogP contribution in [0.15, 0.2) is 53.4 Å². The van der Waals surface area contributed by atoms with Crippen molar-refractivity contribution in [1.29, 1.82) is 0 Å². The van der Waals surface area contributed by atoms with E-state index in [4.69, 9.17) is 0 Å². The highest BCUT2D eigenvalue weighted by molar-refractivity contribution is 7.92. The van der Waals surface area contributed by atoms with E-state index in [1.54, 1.807) is 12.1 Å². The summed E-state index contributed by atoms with van der Waals surface area (Å²) in [5, 5.41) is 0. The first-order chi connectivity index (χ1) is 15.2. The van der Waals surface area contributed by atoms with E-state index in [9.17, 15) is 17.8 Å². The normalized spacial score (nSPS) is 16.0. The SMILES string of the molecule is C[S+]([O-])c1ccc(C(=O)CCCCN2CCN(c3ccccc3)CC2)cc1NS(C)(=O)=O. The van der Waals surface area contributed by atoms with Gasteiger partial charge in [-0.3, -0.25) is 14.4 Å². The molecule has 0 radical (unpaired) electrons. The fourth-order valence-electron chi connectivity index (χ4n) is 3.87. The molecular weight excluding hydrogens is 446 g/mol. The Labute approximate surface area is 194 Å². The molecule has 174 valence electrons. The van der Waals surface area contributed by atoms with Gasteiger partial charge in [0.2, 0.25) is 10.0 Å². The number of unbranched alkanes of at least 4 members (excludes halogenated alkanes) is 1. The number of carbonyl (C=O) groups is 1. The lowest BCUT2D eigenvalue weighted by atomic mass is 10.0. The van der Waals surface area contributed by atoms with E-state index < -0.39 is 21.2 Å². The Hall–Kier alpha value is -2.07. The zero-order valence-corrected chi connectivity index (χ0v) is 20.3. The molecule has 1 aliphatic heterocycles. The molecule has 1 N–H and O–H groups in total. The Morgan fingerprint density at radius 1 is 1.06 bits per heavy atom. The van der Waals surface area contributed by atoms with Gasteiger partial charge in [-0.25, -0.2) is 8.42 Å². The quantitative estimate of drug-likeness (QED) is 0.321. The predicted molar refractivity (Wildman–Crippen MR) is 131 cm³/mol. The molecule has 0 amide bonds. The van der Waals surface area contributed by atoms with Crippen LogP contribution in [0.1, 0.15) is 29.6 Å². The molecule has 1 fully saturated rings. The number of para-hydroxylation sites is 1. The first kappa shape index (κ1) is 24.6. The lowest BCUT2D eigenvalue weighted by Gasteiger charge is -2.36. The van der Waals surface area contributed by atoms with Crippen molar-refractivity contribution >= 4 is 38.4 Å². The largest absolute Gasteiger partial charge is 0.612 e. The van der Waals surface area contributed by atoms with E-state index in [-0.39, 0.29) is 11.5 Å². The van der Waals surface area contributed by atoms with Crippen LogP contribution in [-0.2, 0) is 21.2 Å². The second kappa shape index (κ2) is 11.2. The first-order valence-electron chi connectivity index (χ1n) is 10.7. The minimum atomic E-state index is -3.54. The number of rotatable bonds is 10. The van der Waals surface area contributed by atoms with E-state index in [0.717, 1.165) is 51.8 Å². The van der Waals surface area contributed by atoms with Crippen molar-refractivity contribution in [3.63, 3.8) is 0 Å². The van der Waals surface area contributed by atoms with Crippen molar-refractivity contribution in [2.24, 2.45) is 0 Å². The Morgan fingerprint density at radius 3 is 2.38 bits per heavy atom. The summed E-state index contributed by atoms with van der Waals surface area (Å²) in [5.74, 6) is -0.0381. The standard InChI is InChI=1S/C23H31N3O4S2/c1-31(28)23-12-11-19(18-21(23)24-32(2,29)30)22(27)10-6-7-13-25-14-16-26(17-15-25)20-8-4-3-5-9-20/h3-5,8-9,11-12,18,24H,6-7,10,13-17H2,1-2H3. The minimum absolute atomic E-state index is 0.0381. The molecule has 7 nitrogen and oxygen atoms in total. The highest BCUT2D eigenvalue weighted by Crippen LogP contribution is 2.25. The van der Waals surface area contributed by atoms with Crippen molar-refractivity contribution < 1.29 is 17.8 Å². The number of hydrogen-bond acceptors (Lipinski definition) is 6. The number of ketones is 1. The molecule has 1 aliphatic rings. The Balaban J connectivity index is 1.45. The molecular formula is C23H31N3O4S2. The van der Waals surface area contributed by atoms with Gasteiger partial charge in [0.05, 0.1) is 6.26 Å². The fraction of sp³-hybridized carbons (Fsp3) is 0.435. The molecule has 3 rings (SSSR count). The summed E-state index contributed by atoms with van der Waals surface area (Å²) in [6.45, 7) is 5.00. The number of carbonyl (C=O) groups excluding carboxylic acids is 1. The summed E-state index contributed by atoms with van der Waals surface area (Å²) < 4.78 is 37.5. The fourth-order valence-corrected chi connectivity index (χ4v) is 5.18. The molecule has 2 aromatic rings. The van der Waals surface area contributed by atoms with Crippen LogP contribution in [0.2, 0.25) is 0 Å². The van der Waals surface area contributed by atoms with E-state index in [1.165, 1.54) is 18.0 Å². The minimum Gasteiger partial charge on any atom is -0.612 e. The molecule has 1 atom stereocenters. The molecule has 0 aliphatic carbocycles. The second-order valence-electron chi connectivity index (χ2n) is 8.08. The van der Waals surface area contributed by atoms with Crippen LogP contribution in [0.3, 0.4) is 0 Å². The van der Waals surface area contributed by atoms with Crippen molar-refractivity contribution in [2.75, 3.05) is 54.9 Å². The van der Waals surface area contributed by atoms with Gasteiger partial charge in [-0.15, -0.1) is 0 Å². The molecule has 0 bridgehead atoms. The smallest absolute Gasteiger partial charge is 0.229 e. The topological polar surface area (TPSA) is 92.8 Å². The highest BCUT2D eigenvalue weighted by atomic mass is 32.2. The average Bonchev–Trinajstić information content (AvgIpc) is 2.76. The van der Waals surface area contributed by atoms with Gasteiger partial charge < -0.3 is 9.45 Å². The number of nitrogens with zero attached hydrogens (tertiary/aromatic N) is 2. The van der Waals surface area contributed by atoms with Gasteiger partial charge in [-0.1, -0.05) is 18.2 Å². The Bertz CT molecular complexity index is 1010. The number of sulfonamides is 1. The summed E-state index contributed by atoms with van der Waals surface area (Å²) in [7, 11) is -3.54. The van der Waals surface area contributed by atoms with Gasteiger partial charge >= 0.3 is 0 Å². The molecule has 1 saturated heterocycles. The highest BCUT2D eigenvalue weighted by Gasteiger charge is 2.19. The van der Waals surface area contributed by atoms with Crippen LogP contribution < -0.4 is 9.62 Å². The number of piperazine rings is 1. The van der Waals surface area contributed by atoms with Crippen molar-refractivity contribution in [1.82, 2.24) is 4.90 Å². The molecule has 0 spiro atoms. The third-order valence-corrected chi connectivity index (χ3v) is 7.09. The van der Waals surface area contributed by atoms with Gasteiger partial charge in [-0.2, -0.15) is 0 Å². The molecule has 2 aromatic carbocycles. The lowest BCUT2D eigenvalue weighted by molar-refractivity contribution is 0.0977. The van der Waals surface area contributed by atoms with E-state index in [1.807, 2.05) is 6.07 Å². The van der Waals surface area contributed by atoms with Gasteiger partial charge in [0, 0.05) is 43.9 Å². The van der Waals surface area contributed by atoms with Crippen molar-refractivity contribution in [3.05, 3.63) is 54.1 Å². The molecule has 0 saturated carbocycles. The molecule has 0 aromatic heterocycles. The molecule has 32 heavy (non-hydrogen) atoms. The Kier molecular flexibility index (Phi) is 8.58. The monoisotopic (exact) mass is 477 g/mol. The Morgan fingerprint density at radius 2 is 1.75 bits per heavy atom. The summed E-state index contributed by atoms with van der Waals surface area (Å²) in [6, 6.07) is 15.1. The maximum Gasteiger partial charge on any atom is 0.229 e. The molecule has 1 unspecified atom stereocenters. The lowest BCUT2D eigenvalue weighted by Crippen LogP contribution is -2.46. The summed E-state index contributed by atoms with van der Waals surface area (Å²) >= 11 is -1.37. The second-order valence-corrected chi connectivity index (χ2v) is 11.2. The summed E-state index contributed by atoms with van der Waals surface area (Å²) in [5.41, 5.74) is 1.90. The maximum absolute atomic E-state index is 12.6. The van der Waals surface area contributed by atoms with Crippen LogP contribution in [0.5, 0.6) is 0 Å². The van der Waals surface area contributed by atoms with Crippen LogP contribution in [0.25, 0.3) is 0 Å². The third kappa shape index (κ3) is 7.23. The predicted octanol–water partition coefficient (Wildman–Crippen LogP) is 2.97. The van der Waals surface area contributed by atoms with Crippen molar-refractivity contribution in [2.45, 2.75) is 24.2 Å². The zero-order chi connectivity index (χ0) is 23.1. The third-order valence-electron chi connectivity index (χ3n) is 5.53. The van der Waals surface area contributed by atoms with Crippen molar-refractivity contribution in [3.8, 4) is 0 Å². The number of nitrogens with one attached hydrogen (secondary N) is 1.